The van der Waals surface area contributed by atoms with Gasteiger partial charge in [0.25, 0.3) is 0 Å². The van der Waals surface area contributed by atoms with Crippen molar-refractivity contribution in [2.75, 3.05) is 26.4 Å². The third kappa shape index (κ3) is 4.02. The lowest BCUT2D eigenvalue weighted by Gasteiger charge is -2.60. The van der Waals surface area contributed by atoms with E-state index in [2.05, 4.69) is 6.58 Å². The minimum atomic E-state index is -1.06. The lowest BCUT2D eigenvalue weighted by Crippen LogP contribution is -2.75. The molecule has 4 heterocycles. The van der Waals surface area contributed by atoms with Crippen molar-refractivity contribution in [3.8, 4) is 0 Å². The van der Waals surface area contributed by atoms with E-state index in [-0.39, 0.29) is 6.61 Å². The summed E-state index contributed by atoms with van der Waals surface area (Å²) in [5, 5.41) is 20.6. The Kier molecular flexibility index (Phi) is 6.92. The summed E-state index contributed by atoms with van der Waals surface area (Å²) < 4.78 is 37.3. The van der Waals surface area contributed by atoms with E-state index in [1.54, 1.807) is 0 Å². The molecule has 4 saturated heterocycles. The second kappa shape index (κ2) is 9.28. The second-order valence-electron chi connectivity index (χ2n) is 8.30. The Balaban J connectivity index is 1.59. The molecule has 4 fully saturated rings. The van der Waals surface area contributed by atoms with Gasteiger partial charge in [-0.15, -0.1) is 6.58 Å². The van der Waals surface area contributed by atoms with E-state index in [9.17, 15) is 10.2 Å². The van der Waals surface area contributed by atoms with Gasteiger partial charge in [-0.1, -0.05) is 6.08 Å². The molecule has 4 aliphatic heterocycles. The normalized spacial score (nSPS) is 45.2. The first-order valence-corrected chi connectivity index (χ1v) is 11.0. The molecule has 7 atom stereocenters. The van der Waals surface area contributed by atoms with Crippen LogP contribution in [0.5, 0.6) is 0 Å². The summed E-state index contributed by atoms with van der Waals surface area (Å²) in [6.07, 6.45) is 4.49. The second-order valence-corrected chi connectivity index (χ2v) is 8.30. The van der Waals surface area contributed by atoms with E-state index in [4.69, 9.17) is 28.4 Å². The van der Waals surface area contributed by atoms with Crippen LogP contribution in [0.25, 0.3) is 0 Å². The van der Waals surface area contributed by atoms with Gasteiger partial charge < -0.3 is 38.6 Å². The molecule has 2 spiro atoms. The smallest absolute Gasteiger partial charge is 0.224 e. The van der Waals surface area contributed by atoms with Crippen LogP contribution in [-0.2, 0) is 28.4 Å². The van der Waals surface area contributed by atoms with Crippen LogP contribution in [-0.4, -0.2) is 78.9 Å². The highest BCUT2D eigenvalue weighted by Gasteiger charge is 2.67. The maximum atomic E-state index is 10.8. The van der Waals surface area contributed by atoms with Crippen LogP contribution in [0.15, 0.2) is 12.7 Å². The van der Waals surface area contributed by atoms with Crippen LogP contribution < -0.4 is 0 Å². The van der Waals surface area contributed by atoms with Crippen molar-refractivity contribution >= 4 is 0 Å². The number of hydrogen-bond acceptors (Lipinski definition) is 8. The zero-order valence-electron chi connectivity index (χ0n) is 17.0. The van der Waals surface area contributed by atoms with Gasteiger partial charge >= 0.3 is 0 Å². The Hall–Kier alpha value is -0.580. The third-order valence-electron chi connectivity index (χ3n) is 6.34. The molecule has 8 heteroatoms. The molecule has 4 rings (SSSR count). The molecule has 0 radical (unpaired) electrons. The molecule has 8 nitrogen and oxygen atoms in total. The summed E-state index contributed by atoms with van der Waals surface area (Å²) in [6, 6.07) is 0. The molecule has 0 saturated carbocycles. The molecule has 0 amide bonds. The number of unbranched alkanes of at least 4 members (excludes halogenated alkanes) is 1. The topological polar surface area (TPSA) is 95.8 Å². The van der Waals surface area contributed by atoms with Gasteiger partial charge in [-0.05, 0) is 38.5 Å². The van der Waals surface area contributed by atoms with Crippen LogP contribution in [0.2, 0.25) is 0 Å². The fourth-order valence-electron chi connectivity index (χ4n) is 4.81. The Morgan fingerprint density at radius 3 is 2.21 bits per heavy atom. The maximum Gasteiger partial charge on any atom is 0.224 e. The quantitative estimate of drug-likeness (QED) is 0.500. The molecule has 0 aromatic heterocycles. The summed E-state index contributed by atoms with van der Waals surface area (Å²) in [4.78, 5) is 0. The minimum Gasteiger partial charge on any atom is -0.394 e. The minimum absolute atomic E-state index is 0.338. The van der Waals surface area contributed by atoms with Gasteiger partial charge in [-0.25, -0.2) is 0 Å². The largest absolute Gasteiger partial charge is 0.394 e. The van der Waals surface area contributed by atoms with E-state index in [1.165, 1.54) is 0 Å². The van der Waals surface area contributed by atoms with Gasteiger partial charge in [0.05, 0.1) is 26.4 Å². The van der Waals surface area contributed by atoms with Crippen molar-refractivity contribution in [3.05, 3.63) is 12.7 Å². The predicted octanol–water partition coefficient (Wildman–Crippen LogP) is 1.62. The van der Waals surface area contributed by atoms with Crippen molar-refractivity contribution in [1.82, 2.24) is 0 Å². The summed E-state index contributed by atoms with van der Waals surface area (Å²) in [7, 11) is 0. The maximum absolute atomic E-state index is 10.8. The highest BCUT2D eigenvalue weighted by Crippen LogP contribution is 2.51. The monoisotopic (exact) mass is 414 g/mol. The molecule has 0 aliphatic carbocycles. The van der Waals surface area contributed by atoms with Gasteiger partial charge in [0, 0.05) is 12.8 Å². The van der Waals surface area contributed by atoms with E-state index in [0.717, 1.165) is 38.5 Å². The molecule has 0 bridgehead atoms. The van der Waals surface area contributed by atoms with Crippen molar-refractivity contribution in [2.24, 2.45) is 0 Å². The molecule has 29 heavy (non-hydrogen) atoms. The number of hydrogen-bond donors (Lipinski definition) is 2. The Morgan fingerprint density at radius 2 is 1.66 bits per heavy atom. The molecule has 166 valence electrons. The van der Waals surface area contributed by atoms with Crippen LogP contribution in [0, 0.1) is 0 Å². The van der Waals surface area contributed by atoms with Gasteiger partial charge in [-0.3, -0.25) is 0 Å². The summed E-state index contributed by atoms with van der Waals surface area (Å²) in [5.74, 6) is -2.09. The van der Waals surface area contributed by atoms with E-state index in [0.29, 0.717) is 32.7 Å². The Morgan fingerprint density at radius 1 is 1.00 bits per heavy atom. The first-order valence-electron chi connectivity index (χ1n) is 11.0. The van der Waals surface area contributed by atoms with Crippen molar-refractivity contribution in [1.29, 1.82) is 0 Å². The van der Waals surface area contributed by atoms with Gasteiger partial charge in [0.2, 0.25) is 11.6 Å². The lowest BCUT2D eigenvalue weighted by molar-refractivity contribution is -0.509. The van der Waals surface area contributed by atoms with Crippen LogP contribution in [0.3, 0.4) is 0 Å². The zero-order chi connectivity index (χ0) is 20.3. The molecule has 2 unspecified atom stereocenters. The van der Waals surface area contributed by atoms with Crippen LogP contribution in [0.4, 0.5) is 0 Å². The Bertz CT molecular complexity index is 543. The van der Waals surface area contributed by atoms with E-state index in [1.807, 2.05) is 6.08 Å². The van der Waals surface area contributed by atoms with Gasteiger partial charge in [-0.2, -0.15) is 0 Å². The average molecular weight is 414 g/mol. The highest BCUT2D eigenvalue weighted by atomic mass is 16.8. The summed E-state index contributed by atoms with van der Waals surface area (Å²) in [6.45, 7) is 4.96. The first-order chi connectivity index (χ1) is 14.1. The molecule has 4 aliphatic rings. The number of rotatable bonds is 6. The van der Waals surface area contributed by atoms with E-state index < -0.39 is 42.3 Å². The zero-order valence-corrected chi connectivity index (χ0v) is 17.0. The number of aliphatic hydroxyl groups excluding tert-OH is 2. The molecule has 0 aromatic rings. The third-order valence-corrected chi connectivity index (χ3v) is 6.34. The first kappa shape index (κ1) is 21.6. The fourth-order valence-corrected chi connectivity index (χ4v) is 4.81. The van der Waals surface area contributed by atoms with Crippen LogP contribution >= 0.6 is 0 Å². The number of fused-ring (bicyclic) bond motifs is 2. The summed E-state index contributed by atoms with van der Waals surface area (Å²) in [5.41, 5.74) is 0. The van der Waals surface area contributed by atoms with Gasteiger partial charge in [0.15, 0.2) is 6.29 Å². The van der Waals surface area contributed by atoms with Crippen molar-refractivity contribution in [2.45, 2.75) is 93.6 Å². The molecular formula is C21H34O8. The highest BCUT2D eigenvalue weighted by molar-refractivity contribution is 5.03. The van der Waals surface area contributed by atoms with Crippen molar-refractivity contribution < 1.29 is 38.6 Å². The van der Waals surface area contributed by atoms with E-state index >= 15 is 0 Å². The summed E-state index contributed by atoms with van der Waals surface area (Å²) >= 11 is 0. The molecule has 2 N–H and O–H groups in total. The Labute approximate surface area is 172 Å². The molecular weight excluding hydrogens is 380 g/mol. The average Bonchev–Trinajstić information content (AvgIpc) is 2.76. The molecule has 0 aromatic carbocycles. The van der Waals surface area contributed by atoms with Crippen LogP contribution in [0.1, 0.15) is 51.4 Å². The van der Waals surface area contributed by atoms with Gasteiger partial charge in [0.1, 0.15) is 24.4 Å². The standard InChI is InChI=1S/C21H34O8/c1-2-3-6-11-24-19-18-17(16(23)15(14-22)27-19)28-20(9-4-7-12-25-20)21(29-18)10-5-8-13-26-21/h2,15-19,22-23H,1,3-14H2/t15-,16-,17+,18-,19-,20?,21?/m1/s1. The number of ether oxygens (including phenoxy) is 6. The fraction of sp³-hybridized carbons (Fsp3) is 0.905. The lowest BCUT2D eigenvalue weighted by atomic mass is 9.86. The SMILES string of the molecule is C=CCCCO[C@@H]1O[C@H](CO)[C@@H](O)[C@@H]2OC3(CCCCO3)C3(CCCCO3)O[C@@H]12. The number of allylic oxidation sites excluding steroid dienone is 1. The van der Waals surface area contributed by atoms with Crippen molar-refractivity contribution in [3.63, 3.8) is 0 Å². The predicted molar refractivity (Wildman–Crippen MR) is 102 cm³/mol. The number of aliphatic hydroxyl groups is 2.